The van der Waals surface area contributed by atoms with Crippen LogP contribution in [0.3, 0.4) is 0 Å². The van der Waals surface area contributed by atoms with Crippen molar-refractivity contribution in [2.45, 2.75) is 6.92 Å². The molecule has 0 aliphatic carbocycles. The lowest BCUT2D eigenvalue weighted by Gasteiger charge is -2.07. The van der Waals surface area contributed by atoms with Gasteiger partial charge in [-0.1, -0.05) is 12.1 Å². The average molecular weight is 317 g/mol. The number of amides is 1. The summed E-state index contributed by atoms with van der Waals surface area (Å²) in [7, 11) is 0. The first kappa shape index (κ1) is 14.3. The number of hydrogen-bond acceptors (Lipinski definition) is 3. The molecule has 0 fully saturated rings. The van der Waals surface area contributed by atoms with Crippen LogP contribution < -0.4 is 5.32 Å². The first-order valence-electron chi connectivity index (χ1n) is 7.60. The number of hydrogen-bond donors (Lipinski definition) is 1. The summed E-state index contributed by atoms with van der Waals surface area (Å²) < 4.78 is 7.18. The van der Waals surface area contributed by atoms with Gasteiger partial charge in [-0.25, -0.2) is 4.98 Å². The lowest BCUT2D eigenvalue weighted by atomic mass is 10.2. The van der Waals surface area contributed by atoms with E-state index >= 15 is 0 Å². The maximum atomic E-state index is 12.2. The number of para-hydroxylation sites is 2. The number of anilines is 1. The van der Waals surface area contributed by atoms with E-state index in [9.17, 15) is 4.79 Å². The molecule has 0 aliphatic rings. The van der Waals surface area contributed by atoms with E-state index in [4.69, 9.17) is 4.42 Å². The van der Waals surface area contributed by atoms with Gasteiger partial charge in [0, 0.05) is 11.4 Å². The molecular weight excluding hydrogens is 302 g/mol. The molecule has 0 radical (unpaired) electrons. The zero-order valence-corrected chi connectivity index (χ0v) is 13.1. The summed E-state index contributed by atoms with van der Waals surface area (Å²) in [6.45, 7) is 1.77. The maximum Gasteiger partial charge on any atom is 0.259 e. The standard InChI is InChI=1S/C19H15N3O2/c1-13-16(10-11-24-13)19(23)21-14-6-8-15(9-7-14)22-12-20-17-4-2-3-5-18(17)22/h2-12H,1H3,(H,21,23). The van der Waals surface area contributed by atoms with Crippen LogP contribution in [0.2, 0.25) is 0 Å². The molecule has 0 saturated carbocycles. The SMILES string of the molecule is Cc1occc1C(=O)Nc1ccc(-n2cnc3ccccc32)cc1. The van der Waals surface area contributed by atoms with Gasteiger partial charge in [-0.15, -0.1) is 0 Å². The molecule has 5 heteroatoms. The number of carbonyl (C=O) groups excluding carboxylic acids is 1. The van der Waals surface area contributed by atoms with E-state index in [0.29, 0.717) is 11.3 Å². The van der Waals surface area contributed by atoms with Gasteiger partial charge in [0.05, 0.1) is 22.9 Å². The van der Waals surface area contributed by atoms with Gasteiger partial charge in [0.15, 0.2) is 0 Å². The molecule has 1 amide bonds. The fraction of sp³-hybridized carbons (Fsp3) is 0.0526. The van der Waals surface area contributed by atoms with Crippen LogP contribution in [-0.4, -0.2) is 15.5 Å². The number of nitrogens with one attached hydrogen (secondary N) is 1. The third-order valence-electron chi connectivity index (χ3n) is 3.96. The van der Waals surface area contributed by atoms with Crippen molar-refractivity contribution >= 4 is 22.6 Å². The predicted molar refractivity (Wildman–Crippen MR) is 92.5 cm³/mol. The highest BCUT2D eigenvalue weighted by atomic mass is 16.3. The molecule has 0 saturated heterocycles. The van der Waals surface area contributed by atoms with Crippen molar-refractivity contribution in [1.82, 2.24) is 9.55 Å². The van der Waals surface area contributed by atoms with Crippen LogP contribution >= 0.6 is 0 Å². The number of nitrogens with zero attached hydrogens (tertiary/aromatic N) is 2. The van der Waals surface area contributed by atoms with Crippen molar-refractivity contribution < 1.29 is 9.21 Å². The molecule has 0 spiro atoms. The molecule has 2 aromatic carbocycles. The fourth-order valence-corrected chi connectivity index (χ4v) is 2.69. The van der Waals surface area contributed by atoms with Crippen molar-refractivity contribution in [3.05, 3.63) is 78.5 Å². The van der Waals surface area contributed by atoms with Gasteiger partial charge >= 0.3 is 0 Å². The number of fused-ring (bicyclic) bond motifs is 1. The Morgan fingerprint density at radius 1 is 1.08 bits per heavy atom. The Morgan fingerprint density at radius 2 is 1.88 bits per heavy atom. The maximum absolute atomic E-state index is 12.2. The minimum atomic E-state index is -0.179. The van der Waals surface area contributed by atoms with Crippen molar-refractivity contribution in [3.63, 3.8) is 0 Å². The first-order chi connectivity index (χ1) is 11.7. The summed E-state index contributed by atoms with van der Waals surface area (Å²) in [4.78, 5) is 16.6. The number of aryl methyl sites for hydroxylation is 1. The summed E-state index contributed by atoms with van der Waals surface area (Å²) in [6.07, 6.45) is 3.31. The number of furan rings is 1. The Labute approximate surface area is 138 Å². The highest BCUT2D eigenvalue weighted by Gasteiger charge is 2.11. The van der Waals surface area contributed by atoms with E-state index in [1.807, 2.05) is 53.1 Å². The summed E-state index contributed by atoms with van der Waals surface area (Å²) >= 11 is 0. The third kappa shape index (κ3) is 2.46. The molecule has 0 unspecified atom stereocenters. The highest BCUT2D eigenvalue weighted by Crippen LogP contribution is 2.20. The number of imidazole rings is 1. The molecule has 4 rings (SSSR count). The van der Waals surface area contributed by atoms with Gasteiger partial charge in [0.2, 0.25) is 0 Å². The van der Waals surface area contributed by atoms with Crippen molar-refractivity contribution in [2.24, 2.45) is 0 Å². The predicted octanol–water partition coefficient (Wildman–Crippen LogP) is 4.18. The molecule has 2 aromatic heterocycles. The van der Waals surface area contributed by atoms with E-state index in [1.54, 1.807) is 19.3 Å². The number of rotatable bonds is 3. The average Bonchev–Trinajstić information content (AvgIpc) is 3.22. The van der Waals surface area contributed by atoms with Crippen LogP contribution in [0.1, 0.15) is 16.1 Å². The lowest BCUT2D eigenvalue weighted by molar-refractivity contribution is 0.102. The smallest absolute Gasteiger partial charge is 0.259 e. The van der Waals surface area contributed by atoms with Gasteiger partial charge in [0.1, 0.15) is 12.1 Å². The zero-order chi connectivity index (χ0) is 16.5. The Morgan fingerprint density at radius 3 is 2.62 bits per heavy atom. The molecule has 4 aromatic rings. The molecule has 24 heavy (non-hydrogen) atoms. The minimum Gasteiger partial charge on any atom is -0.469 e. The minimum absolute atomic E-state index is 0.179. The Hall–Kier alpha value is -3.34. The van der Waals surface area contributed by atoms with Gasteiger partial charge in [0.25, 0.3) is 5.91 Å². The molecule has 5 nitrogen and oxygen atoms in total. The second-order valence-electron chi connectivity index (χ2n) is 5.49. The summed E-state index contributed by atoms with van der Waals surface area (Å²) in [6, 6.07) is 17.3. The van der Waals surface area contributed by atoms with Crippen molar-refractivity contribution in [3.8, 4) is 5.69 Å². The van der Waals surface area contributed by atoms with Gasteiger partial charge in [-0.3, -0.25) is 9.36 Å². The number of carbonyl (C=O) groups is 1. The largest absolute Gasteiger partial charge is 0.469 e. The van der Waals surface area contributed by atoms with E-state index in [1.165, 1.54) is 6.26 Å². The Bertz CT molecular complexity index is 1010. The first-order valence-corrected chi connectivity index (χ1v) is 7.60. The second kappa shape index (κ2) is 5.70. The van der Waals surface area contributed by atoms with Crippen LogP contribution in [-0.2, 0) is 0 Å². The van der Waals surface area contributed by atoms with E-state index in [-0.39, 0.29) is 5.91 Å². The molecule has 0 aliphatic heterocycles. The summed E-state index contributed by atoms with van der Waals surface area (Å²) in [5.41, 5.74) is 4.25. The fourth-order valence-electron chi connectivity index (χ4n) is 2.69. The van der Waals surface area contributed by atoms with Gasteiger partial charge in [-0.05, 0) is 49.4 Å². The summed E-state index contributed by atoms with van der Waals surface area (Å²) in [5, 5.41) is 2.87. The van der Waals surface area contributed by atoms with Gasteiger partial charge < -0.3 is 9.73 Å². The topological polar surface area (TPSA) is 60.1 Å². The van der Waals surface area contributed by atoms with E-state index in [0.717, 1.165) is 22.4 Å². The quantitative estimate of drug-likeness (QED) is 0.616. The third-order valence-corrected chi connectivity index (χ3v) is 3.96. The van der Waals surface area contributed by atoms with Crippen LogP contribution in [0.4, 0.5) is 5.69 Å². The monoisotopic (exact) mass is 317 g/mol. The normalized spacial score (nSPS) is 10.9. The Balaban J connectivity index is 1.59. The summed E-state index contributed by atoms with van der Waals surface area (Å²) in [5.74, 6) is 0.427. The van der Waals surface area contributed by atoms with Crippen molar-refractivity contribution in [2.75, 3.05) is 5.32 Å². The van der Waals surface area contributed by atoms with Gasteiger partial charge in [-0.2, -0.15) is 0 Å². The molecule has 2 heterocycles. The zero-order valence-electron chi connectivity index (χ0n) is 13.1. The molecular formula is C19H15N3O2. The molecule has 0 atom stereocenters. The van der Waals surface area contributed by atoms with Crippen LogP contribution in [0, 0.1) is 6.92 Å². The number of benzene rings is 2. The molecule has 1 N–H and O–H groups in total. The Kier molecular flexibility index (Phi) is 3.39. The van der Waals surface area contributed by atoms with Crippen molar-refractivity contribution in [1.29, 1.82) is 0 Å². The van der Waals surface area contributed by atoms with E-state index in [2.05, 4.69) is 10.3 Å². The number of aromatic nitrogens is 2. The van der Waals surface area contributed by atoms with Crippen LogP contribution in [0.15, 0.2) is 71.6 Å². The second-order valence-corrected chi connectivity index (χ2v) is 5.49. The van der Waals surface area contributed by atoms with E-state index < -0.39 is 0 Å². The highest BCUT2D eigenvalue weighted by molar-refractivity contribution is 6.04. The lowest BCUT2D eigenvalue weighted by Crippen LogP contribution is -2.12. The van der Waals surface area contributed by atoms with Crippen LogP contribution in [0.25, 0.3) is 16.7 Å². The molecule has 0 bridgehead atoms. The molecule has 118 valence electrons. The van der Waals surface area contributed by atoms with Crippen LogP contribution in [0.5, 0.6) is 0 Å².